The Kier molecular flexibility index (Phi) is 8.08. The summed E-state index contributed by atoms with van der Waals surface area (Å²) >= 11 is 0. The lowest BCUT2D eigenvalue weighted by Crippen LogP contribution is -2.63. The van der Waals surface area contributed by atoms with Crippen LogP contribution in [0.4, 0.5) is 0 Å². The number of cyclic esters (lactones) is 1. The molecule has 5 rings (SSSR count). The molecule has 1 saturated heterocycles. The van der Waals surface area contributed by atoms with Gasteiger partial charge in [-0.15, -0.1) is 0 Å². The Labute approximate surface area is 249 Å². The normalized spacial score (nSPS) is 40.9. The van der Waals surface area contributed by atoms with Crippen LogP contribution in [0.3, 0.4) is 0 Å². The summed E-state index contributed by atoms with van der Waals surface area (Å²) in [4.78, 5) is 48.3. The molecule has 3 saturated carbocycles. The molecule has 3 aliphatic carbocycles. The zero-order valence-corrected chi connectivity index (χ0v) is 26.3. The number of carbonyl (C=O) groups is 4. The predicted octanol–water partition coefficient (Wildman–Crippen LogP) is 5.43. The van der Waals surface area contributed by atoms with E-state index in [0.717, 1.165) is 25.7 Å². The van der Waals surface area contributed by atoms with Gasteiger partial charge < -0.3 is 23.7 Å². The minimum Gasteiger partial charge on any atom is -0.462 e. The number of hydrogen-bond donors (Lipinski definition) is 0. The molecule has 234 valence electrons. The summed E-state index contributed by atoms with van der Waals surface area (Å²) in [7, 11) is 0. The molecule has 0 radical (unpaired) electrons. The van der Waals surface area contributed by atoms with Crippen LogP contribution in [0, 0.1) is 34.0 Å². The van der Waals surface area contributed by atoms with Crippen molar-refractivity contribution in [2.75, 3.05) is 6.61 Å². The van der Waals surface area contributed by atoms with Gasteiger partial charge >= 0.3 is 23.9 Å². The van der Waals surface area contributed by atoms with Crippen molar-refractivity contribution in [3.8, 4) is 0 Å². The van der Waals surface area contributed by atoms with Crippen LogP contribution in [-0.2, 0) is 42.9 Å². The van der Waals surface area contributed by atoms with Crippen molar-refractivity contribution in [2.45, 2.75) is 130 Å². The molecule has 0 aromatic rings. The zero-order chi connectivity index (χ0) is 30.7. The van der Waals surface area contributed by atoms with Crippen LogP contribution in [0.1, 0.15) is 106 Å². The Hall–Kier alpha value is -2.42. The second kappa shape index (κ2) is 10.9. The van der Waals surface area contributed by atoms with Crippen molar-refractivity contribution in [1.29, 1.82) is 0 Å². The fourth-order valence-corrected chi connectivity index (χ4v) is 10.2. The zero-order valence-electron chi connectivity index (χ0n) is 26.3. The van der Waals surface area contributed by atoms with Gasteiger partial charge in [-0.1, -0.05) is 34.1 Å². The highest BCUT2D eigenvalue weighted by atomic mass is 16.7. The van der Waals surface area contributed by atoms with Gasteiger partial charge in [-0.3, -0.25) is 14.4 Å². The first-order valence-electron chi connectivity index (χ1n) is 15.7. The van der Waals surface area contributed by atoms with E-state index >= 15 is 0 Å². The highest BCUT2D eigenvalue weighted by Crippen LogP contribution is 2.71. The Morgan fingerprint density at radius 3 is 2.33 bits per heavy atom. The SMILES string of the molecule is CC(=O)OC(C)CC(=O)OC[C@]12CC[C@H]3[C@@](C)(CC[C@H]4C(C)(C)CCC[C@]34C)[C@@H]1C[C@H](C1=CC(=O)O[C@@H]1OC(C)=O)O2. The van der Waals surface area contributed by atoms with E-state index in [1.807, 2.05) is 0 Å². The van der Waals surface area contributed by atoms with Gasteiger partial charge in [0.25, 0.3) is 6.29 Å². The van der Waals surface area contributed by atoms with Crippen LogP contribution >= 0.6 is 0 Å². The fraction of sp³-hybridized carbons (Fsp3) is 0.818. The van der Waals surface area contributed by atoms with E-state index < -0.39 is 48.0 Å². The molecule has 4 fully saturated rings. The Bertz CT molecular complexity index is 1160. The molecule has 0 spiro atoms. The third kappa shape index (κ3) is 5.39. The summed E-state index contributed by atoms with van der Waals surface area (Å²) in [5, 5.41) is 0. The van der Waals surface area contributed by atoms with Gasteiger partial charge in [-0.05, 0) is 85.9 Å². The average molecular weight is 589 g/mol. The maximum absolute atomic E-state index is 12.9. The Morgan fingerprint density at radius 2 is 1.64 bits per heavy atom. The van der Waals surface area contributed by atoms with Gasteiger partial charge in [0.1, 0.15) is 18.3 Å². The third-order valence-corrected chi connectivity index (χ3v) is 11.7. The maximum atomic E-state index is 12.9. The first-order chi connectivity index (χ1) is 19.6. The molecule has 0 bridgehead atoms. The second-order valence-electron chi connectivity index (χ2n) is 14.8. The van der Waals surface area contributed by atoms with Crippen molar-refractivity contribution in [1.82, 2.24) is 0 Å². The molecule has 0 aromatic carbocycles. The molecule has 2 heterocycles. The molecular weight excluding hydrogens is 540 g/mol. The Balaban J connectivity index is 1.44. The molecule has 42 heavy (non-hydrogen) atoms. The van der Waals surface area contributed by atoms with Crippen LogP contribution in [0.15, 0.2) is 11.6 Å². The van der Waals surface area contributed by atoms with E-state index in [0.29, 0.717) is 29.2 Å². The van der Waals surface area contributed by atoms with E-state index in [2.05, 4.69) is 27.7 Å². The van der Waals surface area contributed by atoms with Crippen molar-refractivity contribution < 1.29 is 42.9 Å². The van der Waals surface area contributed by atoms with Gasteiger partial charge in [0.15, 0.2) is 0 Å². The molecule has 5 aliphatic rings. The molecule has 9 nitrogen and oxygen atoms in total. The maximum Gasteiger partial charge on any atom is 0.334 e. The summed E-state index contributed by atoms with van der Waals surface area (Å²) in [6.45, 7) is 14.1. The van der Waals surface area contributed by atoms with E-state index in [1.54, 1.807) is 6.92 Å². The molecule has 2 aliphatic heterocycles. The lowest BCUT2D eigenvalue weighted by atomic mass is 9.38. The number of fused-ring (bicyclic) bond motifs is 5. The van der Waals surface area contributed by atoms with Gasteiger partial charge in [-0.25, -0.2) is 4.79 Å². The number of hydrogen-bond acceptors (Lipinski definition) is 9. The van der Waals surface area contributed by atoms with Crippen LogP contribution in [0.2, 0.25) is 0 Å². The summed E-state index contributed by atoms with van der Waals surface area (Å²) < 4.78 is 28.6. The lowest BCUT2D eigenvalue weighted by Gasteiger charge is -2.67. The minimum absolute atomic E-state index is 0.0412. The number of esters is 4. The molecule has 0 aromatic heterocycles. The van der Waals surface area contributed by atoms with Crippen LogP contribution < -0.4 is 0 Å². The van der Waals surface area contributed by atoms with Crippen molar-refractivity contribution in [2.24, 2.45) is 34.0 Å². The third-order valence-electron chi connectivity index (χ3n) is 11.7. The largest absolute Gasteiger partial charge is 0.462 e. The topological polar surface area (TPSA) is 114 Å². The molecular formula is C33H48O9. The first kappa shape index (κ1) is 31.0. The van der Waals surface area contributed by atoms with Crippen LogP contribution in [-0.4, -0.2) is 54.6 Å². The number of ether oxygens (including phenoxy) is 5. The summed E-state index contributed by atoms with van der Waals surface area (Å²) in [6.07, 6.45) is 7.37. The summed E-state index contributed by atoms with van der Waals surface area (Å²) in [5.41, 5.74) is 0.204. The first-order valence-corrected chi connectivity index (χ1v) is 15.7. The quantitative estimate of drug-likeness (QED) is 0.284. The predicted molar refractivity (Wildman–Crippen MR) is 152 cm³/mol. The fourth-order valence-electron chi connectivity index (χ4n) is 10.2. The highest BCUT2D eigenvalue weighted by molar-refractivity contribution is 5.86. The monoisotopic (exact) mass is 588 g/mol. The average Bonchev–Trinajstić information content (AvgIpc) is 3.42. The van der Waals surface area contributed by atoms with Gasteiger partial charge in [0, 0.05) is 25.5 Å². The number of rotatable bonds is 7. The molecule has 9 heteroatoms. The summed E-state index contributed by atoms with van der Waals surface area (Å²) in [6, 6.07) is 0. The number of carbonyl (C=O) groups excluding carboxylic acids is 4. The van der Waals surface area contributed by atoms with Crippen molar-refractivity contribution >= 4 is 23.9 Å². The van der Waals surface area contributed by atoms with E-state index in [9.17, 15) is 19.2 Å². The molecule has 9 atom stereocenters. The van der Waals surface area contributed by atoms with E-state index in [1.165, 1.54) is 39.2 Å². The standard InChI is InChI=1S/C33H48O9/c1-19(39-20(2)34)15-27(36)38-18-33-14-10-25-31(6)12-8-11-30(4,5)24(31)9-13-32(25,7)26(33)17-23(42-33)22-16-28(37)41-29(22)40-21(3)35/h16,19,23-26,29H,8-15,17-18H2,1-7H3/t19?,23-,24+,25-,26+,29+,31+,32-,33-/m1/s1. The van der Waals surface area contributed by atoms with Gasteiger partial charge in [0.05, 0.1) is 12.5 Å². The second-order valence-corrected chi connectivity index (χ2v) is 14.8. The summed E-state index contributed by atoms with van der Waals surface area (Å²) in [5.74, 6) is -0.790. The van der Waals surface area contributed by atoms with Crippen molar-refractivity contribution in [3.05, 3.63) is 11.6 Å². The lowest BCUT2D eigenvalue weighted by molar-refractivity contribution is -0.217. The smallest absolute Gasteiger partial charge is 0.334 e. The minimum atomic E-state index is -1.11. The molecule has 0 amide bonds. The van der Waals surface area contributed by atoms with Crippen molar-refractivity contribution in [3.63, 3.8) is 0 Å². The van der Waals surface area contributed by atoms with E-state index in [4.69, 9.17) is 23.7 Å². The molecule has 1 unspecified atom stereocenters. The van der Waals surface area contributed by atoms with Crippen LogP contribution in [0.5, 0.6) is 0 Å². The Morgan fingerprint density at radius 1 is 0.952 bits per heavy atom. The van der Waals surface area contributed by atoms with E-state index in [-0.39, 0.29) is 29.8 Å². The molecule has 0 N–H and O–H groups in total. The van der Waals surface area contributed by atoms with Crippen LogP contribution in [0.25, 0.3) is 0 Å². The van der Waals surface area contributed by atoms with Gasteiger partial charge in [-0.2, -0.15) is 0 Å². The van der Waals surface area contributed by atoms with Gasteiger partial charge in [0.2, 0.25) is 0 Å². The highest BCUT2D eigenvalue weighted by Gasteiger charge is 2.68.